The Labute approximate surface area is 169 Å². The van der Waals surface area contributed by atoms with Gasteiger partial charge in [0.2, 0.25) is 5.91 Å². The zero-order valence-corrected chi connectivity index (χ0v) is 16.9. The van der Waals surface area contributed by atoms with Crippen molar-refractivity contribution in [1.29, 1.82) is 0 Å². The van der Waals surface area contributed by atoms with Crippen LogP contribution in [0.1, 0.15) is 18.1 Å². The van der Waals surface area contributed by atoms with Gasteiger partial charge >= 0.3 is 16.1 Å². The molecule has 2 aromatic rings. The summed E-state index contributed by atoms with van der Waals surface area (Å²) >= 11 is 0. The number of benzene rings is 2. The molecule has 8 nitrogen and oxygen atoms in total. The van der Waals surface area contributed by atoms with Gasteiger partial charge in [0.25, 0.3) is 0 Å². The van der Waals surface area contributed by atoms with Crippen LogP contribution in [0.2, 0.25) is 0 Å². The second-order valence-electron chi connectivity index (χ2n) is 6.34. The van der Waals surface area contributed by atoms with E-state index in [1.165, 1.54) is 12.1 Å². The zero-order valence-electron chi connectivity index (χ0n) is 16.1. The summed E-state index contributed by atoms with van der Waals surface area (Å²) in [6.07, 6.45) is 0.388. The van der Waals surface area contributed by atoms with E-state index in [0.717, 1.165) is 11.8 Å². The largest absolute Gasteiger partial charge is 0.479 e. The number of hydrogen-bond donors (Lipinski definition) is 2. The molecule has 2 rings (SSSR count). The van der Waals surface area contributed by atoms with Gasteiger partial charge in [-0.1, -0.05) is 24.3 Å². The second-order valence-corrected chi connectivity index (χ2v) is 7.91. The molecule has 0 saturated heterocycles. The number of carbonyl (C=O) groups excluding carboxylic acids is 1. The molecule has 0 radical (unpaired) electrons. The normalized spacial score (nSPS) is 12.2. The number of ether oxygens (including phenoxy) is 1. The van der Waals surface area contributed by atoms with E-state index in [2.05, 4.69) is 5.32 Å². The van der Waals surface area contributed by atoms with E-state index in [4.69, 9.17) is 14.0 Å². The van der Waals surface area contributed by atoms with Gasteiger partial charge in [-0.15, -0.1) is 0 Å². The highest BCUT2D eigenvalue weighted by Gasteiger charge is 2.17. The van der Waals surface area contributed by atoms with Crippen molar-refractivity contribution in [3.8, 4) is 5.75 Å². The molecule has 1 atom stereocenters. The molecule has 0 fully saturated rings. The van der Waals surface area contributed by atoms with Crippen LogP contribution in [0.25, 0.3) is 0 Å². The third-order valence-corrected chi connectivity index (χ3v) is 4.33. The second kappa shape index (κ2) is 10.0. The molecule has 1 unspecified atom stereocenters. The molecule has 0 aromatic heterocycles. The van der Waals surface area contributed by atoms with Gasteiger partial charge in [0.1, 0.15) is 5.75 Å². The summed E-state index contributed by atoms with van der Waals surface area (Å²) < 4.78 is 32.1. The van der Waals surface area contributed by atoms with Crippen LogP contribution in [0.15, 0.2) is 48.5 Å². The van der Waals surface area contributed by atoms with Crippen molar-refractivity contribution >= 4 is 27.7 Å². The van der Waals surface area contributed by atoms with Crippen LogP contribution in [0.4, 0.5) is 5.69 Å². The molecule has 0 spiro atoms. The summed E-state index contributed by atoms with van der Waals surface area (Å²) in [4.78, 5) is 23.3. The molecule has 29 heavy (non-hydrogen) atoms. The minimum Gasteiger partial charge on any atom is -0.479 e. The molecule has 0 heterocycles. The Hall–Kier alpha value is -2.91. The molecule has 0 aliphatic rings. The molecule has 0 saturated carbocycles. The SMILES string of the molecule is CCOC(Cc1ccc(NC(=O)Cc2ccc(OS(C)(=O)=O)cc2)cc1)C(=O)O. The van der Waals surface area contributed by atoms with E-state index in [-0.39, 0.29) is 24.5 Å². The maximum Gasteiger partial charge on any atom is 0.333 e. The molecule has 2 aromatic carbocycles. The van der Waals surface area contributed by atoms with E-state index in [0.29, 0.717) is 17.9 Å². The van der Waals surface area contributed by atoms with Crippen molar-refractivity contribution in [1.82, 2.24) is 0 Å². The Morgan fingerprint density at radius 2 is 1.62 bits per heavy atom. The van der Waals surface area contributed by atoms with Crippen molar-refractivity contribution in [2.24, 2.45) is 0 Å². The predicted octanol–water partition coefficient (Wildman–Crippen LogP) is 2.24. The molecule has 0 aliphatic carbocycles. The standard InChI is InChI=1S/C20H23NO7S/c1-3-27-18(20(23)24)12-14-4-8-16(9-5-14)21-19(22)13-15-6-10-17(11-7-15)28-29(2,25)26/h4-11,18H,3,12-13H2,1-2H3,(H,21,22)(H,23,24). The number of amides is 1. The molecule has 9 heteroatoms. The van der Waals surface area contributed by atoms with Gasteiger partial charge in [-0.3, -0.25) is 4.79 Å². The highest BCUT2D eigenvalue weighted by atomic mass is 32.2. The number of carboxylic acids is 1. The summed E-state index contributed by atoms with van der Waals surface area (Å²) in [6.45, 7) is 2.05. The summed E-state index contributed by atoms with van der Waals surface area (Å²) in [7, 11) is -3.59. The smallest absolute Gasteiger partial charge is 0.333 e. The zero-order chi connectivity index (χ0) is 21.4. The van der Waals surface area contributed by atoms with Gasteiger partial charge in [-0.05, 0) is 42.3 Å². The topological polar surface area (TPSA) is 119 Å². The van der Waals surface area contributed by atoms with Crippen LogP contribution in [0.3, 0.4) is 0 Å². The molecule has 1 amide bonds. The van der Waals surface area contributed by atoms with Gasteiger partial charge in [0.05, 0.1) is 12.7 Å². The number of aliphatic carboxylic acids is 1. The van der Waals surface area contributed by atoms with Gasteiger partial charge in [-0.2, -0.15) is 8.42 Å². The van der Waals surface area contributed by atoms with Gasteiger partial charge in [0, 0.05) is 18.7 Å². The number of nitrogens with one attached hydrogen (secondary N) is 1. The van der Waals surface area contributed by atoms with Crippen LogP contribution in [0.5, 0.6) is 5.75 Å². The van der Waals surface area contributed by atoms with Gasteiger partial charge in [-0.25, -0.2) is 4.79 Å². The Morgan fingerprint density at radius 1 is 1.03 bits per heavy atom. The first-order valence-electron chi connectivity index (χ1n) is 8.88. The third-order valence-electron chi connectivity index (χ3n) is 3.84. The first-order chi connectivity index (χ1) is 13.7. The molecule has 156 valence electrons. The fourth-order valence-electron chi connectivity index (χ4n) is 2.59. The Morgan fingerprint density at radius 3 is 2.14 bits per heavy atom. The summed E-state index contributed by atoms with van der Waals surface area (Å²) in [5, 5.41) is 11.9. The van der Waals surface area contributed by atoms with Crippen LogP contribution < -0.4 is 9.50 Å². The molecular weight excluding hydrogens is 398 g/mol. The van der Waals surface area contributed by atoms with Crippen LogP contribution in [-0.2, 0) is 37.3 Å². The Kier molecular flexibility index (Phi) is 7.74. The maximum atomic E-state index is 12.2. The maximum absolute atomic E-state index is 12.2. The Balaban J connectivity index is 1.91. The summed E-state index contributed by atoms with van der Waals surface area (Å²) in [5.74, 6) is -1.08. The number of carbonyl (C=O) groups is 2. The third kappa shape index (κ3) is 7.92. The lowest BCUT2D eigenvalue weighted by atomic mass is 10.1. The van der Waals surface area contributed by atoms with Gasteiger partial charge in [0.15, 0.2) is 6.10 Å². The number of hydrogen-bond acceptors (Lipinski definition) is 6. The van der Waals surface area contributed by atoms with Crippen molar-refractivity contribution in [3.63, 3.8) is 0 Å². The highest BCUT2D eigenvalue weighted by molar-refractivity contribution is 7.86. The number of anilines is 1. The fourth-order valence-corrected chi connectivity index (χ4v) is 3.05. The Bertz CT molecular complexity index is 938. The quantitative estimate of drug-likeness (QED) is 0.565. The van der Waals surface area contributed by atoms with E-state index in [1.807, 2.05) is 0 Å². The lowest BCUT2D eigenvalue weighted by molar-refractivity contribution is -0.149. The molecule has 0 aliphatic heterocycles. The lowest BCUT2D eigenvalue weighted by Crippen LogP contribution is -2.26. The highest BCUT2D eigenvalue weighted by Crippen LogP contribution is 2.16. The van der Waals surface area contributed by atoms with Crippen LogP contribution in [0, 0.1) is 0 Å². The number of rotatable bonds is 10. The van der Waals surface area contributed by atoms with Crippen molar-refractivity contribution in [2.75, 3.05) is 18.2 Å². The number of carboxylic acid groups (broad SMARTS) is 1. The average Bonchev–Trinajstić information content (AvgIpc) is 2.63. The van der Waals surface area contributed by atoms with Gasteiger partial charge < -0.3 is 19.3 Å². The average molecular weight is 421 g/mol. The van der Waals surface area contributed by atoms with Crippen molar-refractivity contribution < 1.29 is 32.0 Å². The summed E-state index contributed by atoms with van der Waals surface area (Å²) in [6, 6.07) is 13.1. The minimum atomic E-state index is -3.59. The lowest BCUT2D eigenvalue weighted by Gasteiger charge is -2.13. The van der Waals surface area contributed by atoms with E-state index in [9.17, 15) is 18.0 Å². The minimum absolute atomic E-state index is 0.104. The van der Waals surface area contributed by atoms with Crippen LogP contribution in [-0.4, -0.2) is 44.4 Å². The van der Waals surface area contributed by atoms with Crippen molar-refractivity contribution in [3.05, 3.63) is 59.7 Å². The monoisotopic (exact) mass is 421 g/mol. The molecule has 0 bridgehead atoms. The first kappa shape index (κ1) is 22.4. The predicted molar refractivity (Wildman–Crippen MR) is 107 cm³/mol. The van der Waals surface area contributed by atoms with E-state index < -0.39 is 22.2 Å². The molecule has 2 N–H and O–H groups in total. The van der Waals surface area contributed by atoms with E-state index in [1.54, 1.807) is 43.3 Å². The first-order valence-corrected chi connectivity index (χ1v) is 10.7. The van der Waals surface area contributed by atoms with E-state index >= 15 is 0 Å². The summed E-state index contributed by atoms with van der Waals surface area (Å²) in [5.41, 5.74) is 2.06. The fraction of sp³-hybridized carbons (Fsp3) is 0.300. The van der Waals surface area contributed by atoms with Crippen LogP contribution >= 0.6 is 0 Å². The van der Waals surface area contributed by atoms with Crippen molar-refractivity contribution in [2.45, 2.75) is 25.9 Å². The molecular formula is C20H23NO7S.